The minimum absolute atomic E-state index is 0.145. The number of hydrogen-bond donors (Lipinski definition) is 1. The molecule has 5 nitrogen and oxygen atoms in total. The fraction of sp³-hybridized carbons (Fsp3) is 0.250. The Kier molecular flexibility index (Phi) is 3.25. The maximum Gasteiger partial charge on any atom is 0.255 e. The van der Waals surface area contributed by atoms with E-state index in [1.54, 1.807) is 10.9 Å². The van der Waals surface area contributed by atoms with Gasteiger partial charge >= 0.3 is 0 Å². The van der Waals surface area contributed by atoms with Crippen molar-refractivity contribution < 1.29 is 9.21 Å². The van der Waals surface area contributed by atoms with Gasteiger partial charge in [0.05, 0.1) is 17.8 Å². The van der Waals surface area contributed by atoms with Crippen molar-refractivity contribution in [3.63, 3.8) is 0 Å². The Balaban J connectivity index is 1.81. The van der Waals surface area contributed by atoms with E-state index < -0.39 is 0 Å². The van der Waals surface area contributed by atoms with Crippen molar-refractivity contribution in [1.29, 1.82) is 0 Å². The van der Waals surface area contributed by atoms with E-state index in [1.165, 1.54) is 0 Å². The van der Waals surface area contributed by atoms with Gasteiger partial charge in [-0.15, -0.1) is 0 Å². The highest BCUT2D eigenvalue weighted by atomic mass is 16.3. The lowest BCUT2D eigenvalue weighted by molar-refractivity contribution is 0.0935. The van der Waals surface area contributed by atoms with Crippen molar-refractivity contribution in [2.24, 2.45) is 7.05 Å². The Morgan fingerprint density at radius 3 is 2.81 bits per heavy atom. The van der Waals surface area contributed by atoms with Gasteiger partial charge in [-0.1, -0.05) is 18.2 Å². The second-order valence-corrected chi connectivity index (χ2v) is 5.15. The molecule has 1 N–H and O–H groups in total. The van der Waals surface area contributed by atoms with Crippen LogP contribution in [0.1, 0.15) is 34.8 Å². The fourth-order valence-corrected chi connectivity index (χ4v) is 2.28. The predicted octanol–water partition coefficient (Wildman–Crippen LogP) is 2.97. The summed E-state index contributed by atoms with van der Waals surface area (Å²) in [6.45, 7) is 3.77. The molecule has 0 aliphatic heterocycles. The molecule has 1 aromatic carbocycles. The first kappa shape index (κ1) is 13.4. The van der Waals surface area contributed by atoms with E-state index in [2.05, 4.69) is 10.4 Å². The van der Waals surface area contributed by atoms with Gasteiger partial charge in [0.1, 0.15) is 11.3 Å². The van der Waals surface area contributed by atoms with Crippen LogP contribution in [0.2, 0.25) is 0 Å². The van der Waals surface area contributed by atoms with Gasteiger partial charge < -0.3 is 9.73 Å². The lowest BCUT2D eigenvalue weighted by Gasteiger charge is -2.11. The molecule has 108 valence electrons. The van der Waals surface area contributed by atoms with E-state index in [0.29, 0.717) is 5.56 Å². The molecule has 21 heavy (non-hydrogen) atoms. The average molecular weight is 283 g/mol. The zero-order valence-electron chi connectivity index (χ0n) is 12.3. The molecule has 1 amide bonds. The van der Waals surface area contributed by atoms with E-state index in [1.807, 2.05) is 51.2 Å². The predicted molar refractivity (Wildman–Crippen MR) is 80.0 cm³/mol. The maximum atomic E-state index is 12.3. The summed E-state index contributed by atoms with van der Waals surface area (Å²) in [5.41, 5.74) is 2.25. The largest absolute Gasteiger partial charge is 0.459 e. The number of fused-ring (bicyclic) bond motifs is 1. The fourth-order valence-electron chi connectivity index (χ4n) is 2.28. The molecule has 0 spiro atoms. The molecule has 2 aromatic heterocycles. The number of para-hydroxylation sites is 1. The number of nitrogens with zero attached hydrogens (tertiary/aromatic N) is 2. The topological polar surface area (TPSA) is 60.1 Å². The van der Waals surface area contributed by atoms with Gasteiger partial charge in [-0.3, -0.25) is 9.48 Å². The van der Waals surface area contributed by atoms with Crippen LogP contribution in [-0.4, -0.2) is 15.7 Å². The highest BCUT2D eigenvalue weighted by Gasteiger charge is 2.18. The van der Waals surface area contributed by atoms with Crippen molar-refractivity contribution in [3.05, 3.63) is 53.5 Å². The smallest absolute Gasteiger partial charge is 0.255 e. The van der Waals surface area contributed by atoms with Crippen LogP contribution in [-0.2, 0) is 7.05 Å². The van der Waals surface area contributed by atoms with Gasteiger partial charge in [0, 0.05) is 18.1 Å². The molecule has 0 saturated heterocycles. The molecule has 1 atom stereocenters. The number of rotatable bonds is 3. The third-order valence-electron chi connectivity index (χ3n) is 3.70. The molecule has 3 aromatic rings. The van der Waals surface area contributed by atoms with Crippen LogP contribution in [0.25, 0.3) is 11.0 Å². The van der Waals surface area contributed by atoms with Crippen LogP contribution in [0.4, 0.5) is 0 Å². The molecule has 0 bridgehead atoms. The van der Waals surface area contributed by atoms with Gasteiger partial charge in [-0.05, 0) is 26.0 Å². The van der Waals surface area contributed by atoms with Crippen molar-refractivity contribution in [3.8, 4) is 0 Å². The number of benzene rings is 1. The van der Waals surface area contributed by atoms with Crippen LogP contribution in [0.15, 0.2) is 40.9 Å². The minimum atomic E-state index is -0.204. The summed E-state index contributed by atoms with van der Waals surface area (Å²) >= 11 is 0. The number of aryl methyl sites for hydroxylation is 1. The highest BCUT2D eigenvalue weighted by molar-refractivity contribution is 5.95. The van der Waals surface area contributed by atoms with E-state index in [0.717, 1.165) is 22.4 Å². The van der Waals surface area contributed by atoms with Gasteiger partial charge in [-0.25, -0.2) is 0 Å². The average Bonchev–Trinajstić information content (AvgIpc) is 3.03. The SMILES string of the molecule is Cc1c(C(=O)N[C@H](C)c2cc3ccccc3o2)cnn1C. The van der Waals surface area contributed by atoms with Crippen molar-refractivity contribution in [2.45, 2.75) is 19.9 Å². The number of nitrogens with one attached hydrogen (secondary N) is 1. The Hall–Kier alpha value is -2.56. The summed E-state index contributed by atoms with van der Waals surface area (Å²) < 4.78 is 7.45. The summed E-state index contributed by atoms with van der Waals surface area (Å²) in [4.78, 5) is 12.3. The lowest BCUT2D eigenvalue weighted by Crippen LogP contribution is -2.26. The molecule has 0 aliphatic carbocycles. The molecular formula is C16H17N3O2. The summed E-state index contributed by atoms with van der Waals surface area (Å²) in [5.74, 6) is 0.597. The molecule has 0 radical (unpaired) electrons. The second kappa shape index (κ2) is 5.09. The lowest BCUT2D eigenvalue weighted by atomic mass is 10.2. The molecule has 0 saturated carbocycles. The van der Waals surface area contributed by atoms with E-state index in [-0.39, 0.29) is 11.9 Å². The monoisotopic (exact) mass is 283 g/mol. The molecule has 0 aliphatic rings. The van der Waals surface area contributed by atoms with Crippen LogP contribution in [0, 0.1) is 6.92 Å². The number of amides is 1. The maximum absolute atomic E-state index is 12.3. The summed E-state index contributed by atoms with van der Waals surface area (Å²) in [5, 5.41) is 8.06. The zero-order chi connectivity index (χ0) is 15.0. The van der Waals surface area contributed by atoms with Crippen LogP contribution >= 0.6 is 0 Å². The normalized spacial score (nSPS) is 12.5. The van der Waals surface area contributed by atoms with E-state index in [4.69, 9.17) is 4.42 Å². The first-order valence-corrected chi connectivity index (χ1v) is 6.84. The molecule has 2 heterocycles. The quantitative estimate of drug-likeness (QED) is 0.804. The Morgan fingerprint density at radius 1 is 1.38 bits per heavy atom. The molecule has 0 unspecified atom stereocenters. The number of carbonyl (C=O) groups is 1. The first-order valence-electron chi connectivity index (χ1n) is 6.84. The highest BCUT2D eigenvalue weighted by Crippen LogP contribution is 2.23. The molecule has 5 heteroatoms. The van der Waals surface area contributed by atoms with Gasteiger partial charge in [0.15, 0.2) is 0 Å². The Bertz CT molecular complexity index is 768. The molecule has 0 fully saturated rings. The first-order chi connectivity index (χ1) is 10.1. The summed E-state index contributed by atoms with van der Waals surface area (Å²) in [7, 11) is 1.81. The van der Waals surface area contributed by atoms with Crippen molar-refractivity contribution in [1.82, 2.24) is 15.1 Å². The standard InChI is InChI=1S/C16H17N3O2/c1-10(15-8-12-6-4-5-7-14(12)21-15)18-16(20)13-9-17-19(3)11(13)2/h4-10H,1-3H3,(H,18,20)/t10-/m1/s1. The second-order valence-electron chi connectivity index (χ2n) is 5.15. The number of furan rings is 1. The number of hydrogen-bond acceptors (Lipinski definition) is 3. The van der Waals surface area contributed by atoms with Gasteiger partial charge in [0.2, 0.25) is 0 Å². The number of aromatic nitrogens is 2. The van der Waals surface area contributed by atoms with Gasteiger partial charge in [0.25, 0.3) is 5.91 Å². The van der Waals surface area contributed by atoms with Crippen LogP contribution in [0.5, 0.6) is 0 Å². The van der Waals surface area contributed by atoms with Crippen molar-refractivity contribution >= 4 is 16.9 Å². The minimum Gasteiger partial charge on any atom is -0.459 e. The Morgan fingerprint density at radius 2 is 2.14 bits per heavy atom. The van der Waals surface area contributed by atoms with Gasteiger partial charge in [-0.2, -0.15) is 5.10 Å². The third-order valence-corrected chi connectivity index (χ3v) is 3.70. The van der Waals surface area contributed by atoms with E-state index >= 15 is 0 Å². The third kappa shape index (κ3) is 2.42. The van der Waals surface area contributed by atoms with Crippen molar-refractivity contribution in [2.75, 3.05) is 0 Å². The summed E-state index contributed by atoms with van der Waals surface area (Å²) in [6, 6.07) is 9.54. The molecular weight excluding hydrogens is 266 g/mol. The van der Waals surface area contributed by atoms with E-state index in [9.17, 15) is 4.79 Å². The molecule has 3 rings (SSSR count). The number of carbonyl (C=O) groups excluding carboxylic acids is 1. The van der Waals surface area contributed by atoms with Crippen LogP contribution in [0.3, 0.4) is 0 Å². The Labute approximate surface area is 122 Å². The zero-order valence-corrected chi connectivity index (χ0v) is 12.3. The van der Waals surface area contributed by atoms with Crippen LogP contribution < -0.4 is 5.32 Å². The summed E-state index contributed by atoms with van der Waals surface area (Å²) in [6.07, 6.45) is 1.58.